The van der Waals surface area contributed by atoms with Gasteiger partial charge in [0.05, 0.1) is 0 Å². The van der Waals surface area contributed by atoms with Gasteiger partial charge in [0.2, 0.25) is 0 Å². The van der Waals surface area contributed by atoms with Crippen LogP contribution >= 0.6 is 0 Å². The molecule has 0 bridgehead atoms. The molecule has 1 aromatic rings. The number of aromatic hydroxyl groups is 1. The zero-order valence-electron chi connectivity index (χ0n) is 12.4. The number of benzene rings is 1. The van der Waals surface area contributed by atoms with Gasteiger partial charge in [0.25, 0.3) is 0 Å². The van der Waals surface area contributed by atoms with Crippen molar-refractivity contribution in [1.29, 1.82) is 0 Å². The Morgan fingerprint density at radius 2 is 2.11 bits per heavy atom. The molecule has 19 heavy (non-hydrogen) atoms. The summed E-state index contributed by atoms with van der Waals surface area (Å²) in [6.45, 7) is 8.98. The number of hydrogen-bond donors (Lipinski definition) is 1. The number of phenols is 1. The lowest BCUT2D eigenvalue weighted by atomic mass is 9.65. The van der Waals surface area contributed by atoms with E-state index in [0.29, 0.717) is 17.6 Å². The van der Waals surface area contributed by atoms with Gasteiger partial charge in [0.1, 0.15) is 17.1 Å². The molecule has 1 aliphatic heterocycles. The Hall–Kier alpha value is -1.18. The molecule has 3 rings (SSSR count). The van der Waals surface area contributed by atoms with Crippen LogP contribution in [0.1, 0.15) is 57.1 Å². The van der Waals surface area contributed by atoms with Gasteiger partial charge in [0.15, 0.2) is 0 Å². The van der Waals surface area contributed by atoms with Crippen LogP contribution in [-0.2, 0) is 0 Å². The fourth-order valence-corrected chi connectivity index (χ4v) is 4.14. The molecule has 104 valence electrons. The van der Waals surface area contributed by atoms with E-state index in [4.69, 9.17) is 4.74 Å². The van der Waals surface area contributed by atoms with E-state index >= 15 is 0 Å². The van der Waals surface area contributed by atoms with Gasteiger partial charge in [-0.25, -0.2) is 0 Å². The Labute approximate surface area is 115 Å². The molecule has 2 aliphatic rings. The molecule has 3 unspecified atom stereocenters. The summed E-state index contributed by atoms with van der Waals surface area (Å²) in [6, 6.07) is 3.67. The van der Waals surface area contributed by atoms with Crippen molar-refractivity contribution in [2.24, 2.45) is 11.8 Å². The fraction of sp³-hybridized carbons (Fsp3) is 0.647. The zero-order chi connectivity index (χ0) is 13.8. The topological polar surface area (TPSA) is 29.5 Å². The van der Waals surface area contributed by atoms with Gasteiger partial charge in [0, 0.05) is 17.5 Å². The van der Waals surface area contributed by atoms with Crippen LogP contribution in [0.4, 0.5) is 0 Å². The molecular formula is C17H24O2. The Bertz CT molecular complexity index is 506. The molecule has 0 radical (unpaired) electrons. The Morgan fingerprint density at radius 3 is 2.79 bits per heavy atom. The van der Waals surface area contributed by atoms with Gasteiger partial charge in [-0.05, 0) is 49.7 Å². The normalized spacial score (nSPS) is 32.9. The highest BCUT2D eigenvalue weighted by Crippen LogP contribution is 2.57. The highest BCUT2D eigenvalue weighted by atomic mass is 16.5. The molecule has 1 saturated carbocycles. The number of ether oxygens (including phenoxy) is 1. The van der Waals surface area contributed by atoms with Crippen molar-refractivity contribution in [3.63, 3.8) is 0 Å². The molecule has 1 N–H and O–H groups in total. The van der Waals surface area contributed by atoms with E-state index in [0.717, 1.165) is 18.1 Å². The Morgan fingerprint density at radius 1 is 1.37 bits per heavy atom. The van der Waals surface area contributed by atoms with Crippen LogP contribution in [0.15, 0.2) is 12.1 Å². The summed E-state index contributed by atoms with van der Waals surface area (Å²) in [6.07, 6.45) is 3.58. The molecule has 1 aliphatic carbocycles. The van der Waals surface area contributed by atoms with E-state index in [1.165, 1.54) is 24.0 Å². The van der Waals surface area contributed by atoms with Crippen molar-refractivity contribution in [3.8, 4) is 11.5 Å². The maximum Gasteiger partial charge on any atom is 0.127 e. The van der Waals surface area contributed by atoms with E-state index in [2.05, 4.69) is 27.7 Å². The molecule has 1 fully saturated rings. The van der Waals surface area contributed by atoms with E-state index in [1.54, 1.807) is 6.07 Å². The molecular weight excluding hydrogens is 236 g/mol. The first-order valence-electron chi connectivity index (χ1n) is 7.46. The lowest BCUT2D eigenvalue weighted by Gasteiger charge is -2.43. The zero-order valence-corrected chi connectivity index (χ0v) is 12.4. The monoisotopic (exact) mass is 260 g/mol. The largest absolute Gasteiger partial charge is 0.508 e. The number of fused-ring (bicyclic) bond motifs is 3. The van der Waals surface area contributed by atoms with Crippen molar-refractivity contribution in [2.75, 3.05) is 0 Å². The summed E-state index contributed by atoms with van der Waals surface area (Å²) >= 11 is 0. The smallest absolute Gasteiger partial charge is 0.127 e. The Kier molecular flexibility index (Phi) is 2.81. The molecule has 1 aromatic carbocycles. The maximum absolute atomic E-state index is 9.81. The standard InChI is InChI=1S/C17H24O2/c1-10(2)17-6-5-11(3)7-14(17)16-12(4)8-13(18)9-15(16)19-17/h8-11,14,18H,5-7H2,1-4H3. The fourth-order valence-electron chi connectivity index (χ4n) is 4.14. The molecule has 2 heteroatoms. The summed E-state index contributed by atoms with van der Waals surface area (Å²) in [5, 5.41) is 9.81. The highest BCUT2D eigenvalue weighted by molar-refractivity contribution is 5.52. The van der Waals surface area contributed by atoms with Gasteiger partial charge in [-0.15, -0.1) is 0 Å². The second-order valence-corrected chi connectivity index (χ2v) is 6.82. The van der Waals surface area contributed by atoms with Crippen LogP contribution in [0.25, 0.3) is 0 Å². The SMILES string of the molecule is Cc1cc(O)cc2c1C1CC(C)CCC1(C(C)C)O2. The van der Waals surface area contributed by atoms with Crippen LogP contribution < -0.4 is 4.74 Å². The predicted molar refractivity (Wildman–Crippen MR) is 76.8 cm³/mol. The first-order valence-corrected chi connectivity index (χ1v) is 7.46. The summed E-state index contributed by atoms with van der Waals surface area (Å²) in [5.41, 5.74) is 2.47. The molecule has 2 nitrogen and oxygen atoms in total. The number of phenolic OH excluding ortho intramolecular Hbond substituents is 1. The first-order chi connectivity index (χ1) is 8.94. The van der Waals surface area contributed by atoms with Crippen LogP contribution in [0, 0.1) is 18.8 Å². The third kappa shape index (κ3) is 1.76. The van der Waals surface area contributed by atoms with Crippen molar-refractivity contribution < 1.29 is 9.84 Å². The highest BCUT2D eigenvalue weighted by Gasteiger charge is 2.53. The second-order valence-electron chi connectivity index (χ2n) is 6.82. The molecule has 0 saturated heterocycles. The molecule has 3 atom stereocenters. The van der Waals surface area contributed by atoms with Crippen LogP contribution in [0.2, 0.25) is 0 Å². The number of aryl methyl sites for hydroxylation is 1. The lowest BCUT2D eigenvalue weighted by molar-refractivity contribution is -0.0187. The van der Waals surface area contributed by atoms with Crippen LogP contribution in [0.3, 0.4) is 0 Å². The molecule has 0 spiro atoms. The third-order valence-electron chi connectivity index (χ3n) is 5.22. The van der Waals surface area contributed by atoms with Crippen molar-refractivity contribution >= 4 is 0 Å². The summed E-state index contributed by atoms with van der Waals surface area (Å²) in [5.74, 6) is 3.00. The third-order valence-corrected chi connectivity index (χ3v) is 5.22. The quantitative estimate of drug-likeness (QED) is 0.811. The van der Waals surface area contributed by atoms with E-state index in [9.17, 15) is 5.11 Å². The van der Waals surface area contributed by atoms with Crippen molar-refractivity contribution in [1.82, 2.24) is 0 Å². The summed E-state index contributed by atoms with van der Waals surface area (Å²) in [7, 11) is 0. The number of hydrogen-bond acceptors (Lipinski definition) is 2. The number of rotatable bonds is 1. The maximum atomic E-state index is 9.81. The molecule has 0 aromatic heterocycles. The minimum Gasteiger partial charge on any atom is -0.508 e. The van der Waals surface area contributed by atoms with Gasteiger partial charge in [-0.1, -0.05) is 20.8 Å². The minimum absolute atomic E-state index is 0.0482. The average Bonchev–Trinajstić information content (AvgIpc) is 2.63. The van der Waals surface area contributed by atoms with E-state index in [1.807, 2.05) is 6.07 Å². The van der Waals surface area contributed by atoms with Gasteiger partial charge in [-0.3, -0.25) is 0 Å². The van der Waals surface area contributed by atoms with Crippen molar-refractivity contribution in [3.05, 3.63) is 23.3 Å². The van der Waals surface area contributed by atoms with Crippen LogP contribution in [-0.4, -0.2) is 10.7 Å². The summed E-state index contributed by atoms with van der Waals surface area (Å²) in [4.78, 5) is 0. The second kappa shape index (κ2) is 4.16. The molecule has 1 heterocycles. The first kappa shape index (κ1) is 12.8. The van der Waals surface area contributed by atoms with Crippen molar-refractivity contribution in [2.45, 2.75) is 58.5 Å². The van der Waals surface area contributed by atoms with Crippen LogP contribution in [0.5, 0.6) is 11.5 Å². The lowest BCUT2D eigenvalue weighted by Crippen LogP contribution is -2.46. The van der Waals surface area contributed by atoms with E-state index in [-0.39, 0.29) is 5.60 Å². The van der Waals surface area contributed by atoms with E-state index < -0.39 is 0 Å². The van der Waals surface area contributed by atoms with Gasteiger partial charge >= 0.3 is 0 Å². The minimum atomic E-state index is -0.0482. The molecule has 0 amide bonds. The van der Waals surface area contributed by atoms with Gasteiger partial charge < -0.3 is 9.84 Å². The Balaban J connectivity index is 2.13. The average molecular weight is 260 g/mol. The predicted octanol–water partition coefficient (Wildman–Crippen LogP) is 4.39. The summed E-state index contributed by atoms with van der Waals surface area (Å²) < 4.78 is 6.41. The van der Waals surface area contributed by atoms with Gasteiger partial charge in [-0.2, -0.15) is 0 Å².